The molecule has 282 valence electrons. The van der Waals surface area contributed by atoms with Gasteiger partial charge in [0, 0.05) is 24.2 Å². The van der Waals surface area contributed by atoms with Crippen molar-refractivity contribution in [2.45, 2.75) is 58.1 Å². The molecular weight excluding hydrogens is 715 g/mol. The zero-order chi connectivity index (χ0) is 39.5. The van der Waals surface area contributed by atoms with E-state index in [1.807, 2.05) is 53.4 Å². The molecule has 0 aliphatic carbocycles. The van der Waals surface area contributed by atoms with E-state index in [0.717, 1.165) is 11.1 Å². The molecule has 2 aromatic heterocycles. The zero-order valence-electron chi connectivity index (χ0n) is 32.1. The fraction of sp³-hybridized carbons (Fsp3) is 0.256. The molecule has 0 bridgehead atoms. The monoisotopic (exact) mass is 758 g/mol. The molecule has 2 heterocycles. The smallest absolute Gasteiger partial charge is 0.222 e. The van der Waals surface area contributed by atoms with Crippen molar-refractivity contribution in [3.63, 3.8) is 0 Å². The number of aromatic nitrogens is 4. The van der Waals surface area contributed by atoms with Crippen LogP contribution < -0.4 is 14.4 Å². The highest BCUT2D eigenvalue weighted by molar-refractivity contribution is 6.74. The number of anilines is 1. The van der Waals surface area contributed by atoms with Crippen molar-refractivity contribution in [1.29, 1.82) is 0 Å². The Hall–Kier alpha value is -5.90. The molecule has 0 spiro atoms. The van der Waals surface area contributed by atoms with Crippen molar-refractivity contribution < 1.29 is 22.7 Å². The molecule has 0 N–H and O–H groups in total. The van der Waals surface area contributed by atoms with E-state index >= 15 is 8.78 Å². The van der Waals surface area contributed by atoms with E-state index in [-0.39, 0.29) is 33.4 Å². The lowest BCUT2D eigenvalue weighted by atomic mass is 10.0. The third kappa shape index (κ3) is 8.13. The first-order chi connectivity index (χ1) is 26.3. The minimum Gasteiger partial charge on any atom is -0.497 e. The van der Waals surface area contributed by atoms with Crippen molar-refractivity contribution in [2.24, 2.45) is 0 Å². The maximum atomic E-state index is 16.0. The van der Waals surface area contributed by atoms with E-state index in [2.05, 4.69) is 45.3 Å². The number of rotatable bonds is 13. The van der Waals surface area contributed by atoms with Crippen molar-refractivity contribution >= 4 is 31.5 Å². The molecule has 1 unspecified atom stereocenters. The van der Waals surface area contributed by atoms with Gasteiger partial charge >= 0.3 is 0 Å². The summed E-state index contributed by atoms with van der Waals surface area (Å²) < 4.78 is 51.3. The molecule has 0 saturated heterocycles. The normalized spacial score (nSPS) is 12.3. The quantitative estimate of drug-likeness (QED) is 0.0857. The van der Waals surface area contributed by atoms with Gasteiger partial charge in [-0.05, 0) is 65.2 Å². The van der Waals surface area contributed by atoms with E-state index in [0.29, 0.717) is 41.6 Å². The maximum absolute atomic E-state index is 16.0. The fourth-order valence-electron chi connectivity index (χ4n) is 5.98. The summed E-state index contributed by atoms with van der Waals surface area (Å²) in [7, 11) is 0.639. The van der Waals surface area contributed by atoms with E-state index in [1.165, 1.54) is 12.1 Å². The number of fused-ring (bicyclic) bond motifs is 1. The number of ether oxygens (including phenoxy) is 2. The lowest BCUT2D eigenvalue weighted by molar-refractivity contribution is 0.208. The van der Waals surface area contributed by atoms with E-state index in [9.17, 15) is 0 Å². The van der Waals surface area contributed by atoms with Crippen LogP contribution in [0.3, 0.4) is 0 Å². The second-order valence-corrected chi connectivity index (χ2v) is 19.5. The Morgan fingerprint density at radius 2 is 1.49 bits per heavy atom. The molecule has 0 amide bonds. The Morgan fingerprint density at radius 1 is 0.891 bits per heavy atom. The van der Waals surface area contributed by atoms with Crippen LogP contribution in [-0.4, -0.2) is 42.1 Å². The summed E-state index contributed by atoms with van der Waals surface area (Å²) in [6.45, 7) is 22.8. The van der Waals surface area contributed by atoms with E-state index in [4.69, 9.17) is 35.5 Å². The molecule has 0 radical (unpaired) electrons. The van der Waals surface area contributed by atoms with Gasteiger partial charge in [0.05, 0.1) is 32.7 Å². The van der Waals surface area contributed by atoms with Crippen LogP contribution in [0.1, 0.15) is 55.0 Å². The van der Waals surface area contributed by atoms with Gasteiger partial charge in [-0.1, -0.05) is 88.0 Å². The van der Waals surface area contributed by atoms with E-state index < -0.39 is 26.1 Å². The predicted molar refractivity (Wildman–Crippen MR) is 215 cm³/mol. The molecule has 1 atom stereocenters. The summed E-state index contributed by atoms with van der Waals surface area (Å²) in [5.74, 6) is 0.850. The van der Waals surface area contributed by atoms with Crippen LogP contribution in [0.5, 0.6) is 11.5 Å². The minimum absolute atomic E-state index is 0.125. The van der Waals surface area contributed by atoms with Gasteiger partial charge in [0.15, 0.2) is 25.6 Å². The summed E-state index contributed by atoms with van der Waals surface area (Å²) in [6, 6.07) is 24.8. The highest BCUT2D eigenvalue weighted by Crippen LogP contribution is 2.43. The SMILES string of the molecule is [C-]#[N+]c1cccc(-c2cn3nc(C(O[Si](C)(C)C(C)(C)C)c4c(F)cccc4C=C)nc3c(N(Cc3ccc(OC)cc3)Cc3ccc(OC)cc3)n2)c1F. The lowest BCUT2D eigenvalue weighted by Crippen LogP contribution is -2.42. The average Bonchev–Trinajstić information content (AvgIpc) is 3.61. The molecule has 6 rings (SSSR count). The van der Waals surface area contributed by atoms with E-state index in [1.54, 1.807) is 55.3 Å². The first-order valence-electron chi connectivity index (χ1n) is 17.8. The largest absolute Gasteiger partial charge is 0.497 e. The minimum atomic E-state index is -2.59. The van der Waals surface area contributed by atoms with Gasteiger partial charge in [-0.15, -0.1) is 5.10 Å². The molecule has 0 fully saturated rings. The number of nitrogens with zero attached hydrogens (tertiary/aromatic N) is 6. The summed E-state index contributed by atoms with van der Waals surface area (Å²) in [6.07, 6.45) is 2.17. The molecule has 55 heavy (non-hydrogen) atoms. The van der Waals surface area contributed by atoms with Gasteiger partial charge in [-0.3, -0.25) is 0 Å². The van der Waals surface area contributed by atoms with Crippen molar-refractivity contribution in [3.05, 3.63) is 149 Å². The van der Waals surface area contributed by atoms with Crippen molar-refractivity contribution in [3.8, 4) is 22.8 Å². The van der Waals surface area contributed by atoms with Gasteiger partial charge in [0.1, 0.15) is 29.2 Å². The Balaban J connectivity index is 1.62. The summed E-state index contributed by atoms with van der Waals surface area (Å²) in [4.78, 5) is 15.6. The third-order valence-electron chi connectivity index (χ3n) is 10.1. The van der Waals surface area contributed by atoms with Gasteiger partial charge < -0.3 is 18.8 Å². The summed E-state index contributed by atoms with van der Waals surface area (Å²) in [5, 5.41) is 4.72. The second-order valence-electron chi connectivity index (χ2n) is 14.7. The van der Waals surface area contributed by atoms with Crippen LogP contribution in [-0.2, 0) is 17.5 Å². The number of hydrogen-bond acceptors (Lipinski definition) is 7. The Labute approximate surface area is 321 Å². The number of hydrogen-bond donors (Lipinski definition) is 0. The molecule has 0 saturated carbocycles. The van der Waals surface area contributed by atoms with Crippen molar-refractivity contribution in [1.82, 2.24) is 19.6 Å². The average molecular weight is 759 g/mol. The number of halogens is 2. The Morgan fingerprint density at radius 3 is 2.04 bits per heavy atom. The van der Waals surface area contributed by atoms with Gasteiger partial charge in [-0.2, -0.15) is 0 Å². The van der Waals surface area contributed by atoms with Gasteiger partial charge in [0.25, 0.3) is 0 Å². The highest BCUT2D eigenvalue weighted by atomic mass is 28.4. The first-order valence-corrected chi connectivity index (χ1v) is 20.7. The number of methoxy groups -OCH3 is 2. The Kier molecular flexibility index (Phi) is 11.2. The maximum Gasteiger partial charge on any atom is 0.222 e. The number of benzene rings is 4. The highest BCUT2D eigenvalue weighted by Gasteiger charge is 2.42. The Bertz CT molecular complexity index is 2320. The lowest BCUT2D eigenvalue weighted by Gasteiger charge is -2.39. The van der Waals surface area contributed by atoms with Crippen LogP contribution in [0.15, 0.2) is 97.7 Å². The summed E-state index contributed by atoms with van der Waals surface area (Å²) in [5.41, 5.74) is 3.30. The topological polar surface area (TPSA) is 78.4 Å². The predicted octanol–water partition coefficient (Wildman–Crippen LogP) is 10.6. The molecule has 0 aliphatic heterocycles. The van der Waals surface area contributed by atoms with Crippen LogP contribution in [0.2, 0.25) is 18.1 Å². The van der Waals surface area contributed by atoms with Crippen LogP contribution in [0.4, 0.5) is 20.3 Å². The molecule has 6 aromatic rings. The molecule has 9 nitrogen and oxygen atoms in total. The van der Waals surface area contributed by atoms with Crippen LogP contribution >= 0.6 is 0 Å². The molecule has 4 aromatic carbocycles. The van der Waals surface area contributed by atoms with Crippen LogP contribution in [0, 0.1) is 18.2 Å². The van der Waals surface area contributed by atoms with Crippen LogP contribution in [0.25, 0.3) is 27.8 Å². The zero-order valence-corrected chi connectivity index (χ0v) is 33.1. The first kappa shape index (κ1) is 38.8. The second kappa shape index (κ2) is 15.8. The standard InChI is InChI=1S/C43H44F2N6O3Si/c1-10-30-13-11-15-34(44)37(30)39(54-55(8,9)43(2,3)4)40-48-42-41(47-36(27-51(42)49-40)33-14-12-16-35(46-5)38(33)45)50(25-28-17-21-31(52-6)22-18-28)26-29-19-23-32(53-7)24-20-29/h10-24,27,39H,1,25-26H2,2-4,6-9H3. The molecule has 12 heteroatoms. The fourth-order valence-corrected chi connectivity index (χ4v) is 7.14. The summed E-state index contributed by atoms with van der Waals surface area (Å²) >= 11 is 0. The van der Waals surface area contributed by atoms with Gasteiger partial charge in [0.2, 0.25) is 5.69 Å². The van der Waals surface area contributed by atoms with Gasteiger partial charge in [-0.25, -0.2) is 28.1 Å². The molecular formula is C43H44F2N6O3Si. The molecule has 0 aliphatic rings. The third-order valence-corrected chi connectivity index (χ3v) is 14.5. The van der Waals surface area contributed by atoms with Crippen molar-refractivity contribution in [2.75, 3.05) is 19.1 Å².